The van der Waals surface area contributed by atoms with Gasteiger partial charge < -0.3 is 26.3 Å². The normalized spacial score (nSPS) is 12.6. The van der Waals surface area contributed by atoms with Gasteiger partial charge in [-0.2, -0.15) is 0 Å². The van der Waals surface area contributed by atoms with Crippen LogP contribution in [0.1, 0.15) is 5.56 Å². The number of anilines is 2. The second kappa shape index (κ2) is 7.23. The fraction of sp³-hybridized carbons (Fsp3) is 0.143. The Balaban J connectivity index is 1.25. The number of para-hydroxylation sites is 1. The van der Waals surface area contributed by atoms with E-state index in [1.165, 1.54) is 10.9 Å². The van der Waals surface area contributed by atoms with Crippen LogP contribution in [0.2, 0.25) is 0 Å². The first-order chi connectivity index (χ1) is 14.2. The number of fused-ring (bicyclic) bond motifs is 2. The fourth-order valence-corrected chi connectivity index (χ4v) is 4.29. The number of aromatic amines is 1. The van der Waals surface area contributed by atoms with E-state index in [1.54, 1.807) is 11.3 Å². The molecule has 7 nitrogen and oxygen atoms in total. The summed E-state index contributed by atoms with van der Waals surface area (Å²) in [6.45, 7) is 0.643. The molecule has 0 fully saturated rings. The number of hydrogen-bond donors (Lipinski definition) is 4. The highest BCUT2D eigenvalue weighted by atomic mass is 32.1. The summed E-state index contributed by atoms with van der Waals surface area (Å²) in [5.74, 6) is 0.396. The smallest absolute Gasteiger partial charge is 0.183 e. The van der Waals surface area contributed by atoms with Gasteiger partial charge in [0, 0.05) is 35.9 Å². The van der Waals surface area contributed by atoms with Gasteiger partial charge >= 0.3 is 0 Å². The van der Waals surface area contributed by atoms with E-state index in [9.17, 15) is 0 Å². The predicted octanol–water partition coefficient (Wildman–Crippen LogP) is 4.00. The molecule has 0 aliphatic heterocycles. The fourth-order valence-electron chi connectivity index (χ4n) is 3.47. The summed E-state index contributed by atoms with van der Waals surface area (Å²) in [7, 11) is 0. The van der Waals surface area contributed by atoms with Gasteiger partial charge in [-0.05, 0) is 41.8 Å². The second-order valence-electron chi connectivity index (χ2n) is 7.01. The summed E-state index contributed by atoms with van der Waals surface area (Å²) in [6.07, 6.45) is 4.68. The molecule has 0 saturated heterocycles. The molecular weight excluding hydrogens is 384 g/mol. The Morgan fingerprint density at radius 3 is 3.00 bits per heavy atom. The molecule has 146 valence electrons. The first-order valence-corrected chi connectivity index (χ1v) is 10.1. The van der Waals surface area contributed by atoms with Crippen LogP contribution < -0.4 is 16.8 Å². The zero-order valence-electron chi connectivity index (χ0n) is 15.6. The van der Waals surface area contributed by atoms with E-state index in [2.05, 4.69) is 32.6 Å². The number of nitrogens with one attached hydrogen (secondary N) is 2. The zero-order chi connectivity index (χ0) is 19.8. The van der Waals surface area contributed by atoms with Crippen LogP contribution in [0.5, 0.6) is 0 Å². The molecule has 0 aliphatic rings. The van der Waals surface area contributed by atoms with Crippen LogP contribution in [0, 0.1) is 0 Å². The number of benzene rings is 2. The van der Waals surface area contributed by atoms with Gasteiger partial charge in [0.25, 0.3) is 0 Å². The predicted molar refractivity (Wildman–Crippen MR) is 118 cm³/mol. The van der Waals surface area contributed by atoms with Gasteiger partial charge in [-0.1, -0.05) is 34.7 Å². The Kier molecular flexibility index (Phi) is 4.42. The zero-order valence-corrected chi connectivity index (χ0v) is 16.4. The lowest BCUT2D eigenvalue weighted by Crippen LogP contribution is -2.31. The largest absolute Gasteiger partial charge is 0.380 e. The van der Waals surface area contributed by atoms with Crippen LogP contribution in [0.3, 0.4) is 0 Å². The maximum atomic E-state index is 6.36. The first-order valence-electron chi connectivity index (χ1n) is 9.33. The molecule has 2 aromatic carbocycles. The quantitative estimate of drug-likeness (QED) is 0.340. The molecule has 1 atom stereocenters. The molecule has 0 aliphatic carbocycles. The van der Waals surface area contributed by atoms with Gasteiger partial charge in [-0.3, -0.25) is 0 Å². The van der Waals surface area contributed by atoms with Gasteiger partial charge in [0.1, 0.15) is 0 Å². The standard InChI is InChI=1S/C21H20N6OS/c22-14(7-13-9-24-17-4-2-1-3-15(13)17)10-25-21-26-11-19(29-21)12-5-6-18-16(8-12)20(23)27-28-18/h1-6,8-9,11,14,24H,7,10,22H2,(H2,23,27)(H,25,26). The lowest BCUT2D eigenvalue weighted by molar-refractivity contribution is 0.460. The van der Waals surface area contributed by atoms with Gasteiger partial charge in [0.2, 0.25) is 0 Å². The van der Waals surface area contributed by atoms with Crippen LogP contribution in [-0.4, -0.2) is 27.7 Å². The molecule has 0 amide bonds. The van der Waals surface area contributed by atoms with Crippen molar-refractivity contribution in [1.82, 2.24) is 15.1 Å². The minimum absolute atomic E-state index is 0.0188. The van der Waals surface area contributed by atoms with Crippen molar-refractivity contribution in [2.24, 2.45) is 5.73 Å². The van der Waals surface area contributed by atoms with E-state index in [-0.39, 0.29) is 6.04 Å². The number of thiazole rings is 1. The van der Waals surface area contributed by atoms with E-state index in [1.807, 2.05) is 42.7 Å². The second-order valence-corrected chi connectivity index (χ2v) is 8.04. The topological polar surface area (TPSA) is 119 Å². The lowest BCUT2D eigenvalue weighted by atomic mass is 10.1. The van der Waals surface area contributed by atoms with Crippen LogP contribution in [0.25, 0.3) is 32.3 Å². The van der Waals surface area contributed by atoms with E-state index in [0.29, 0.717) is 17.9 Å². The number of nitrogen functional groups attached to an aromatic ring is 1. The average Bonchev–Trinajstić information content (AvgIpc) is 3.46. The molecule has 0 radical (unpaired) electrons. The van der Waals surface area contributed by atoms with Gasteiger partial charge in [0.05, 0.1) is 10.3 Å². The number of rotatable bonds is 6. The molecule has 3 aromatic heterocycles. The number of nitrogens with zero attached hydrogens (tertiary/aromatic N) is 2. The van der Waals surface area contributed by atoms with E-state index in [4.69, 9.17) is 16.0 Å². The SMILES string of the molecule is Nc1noc2ccc(-c3cnc(NCC(N)Cc4c[nH]c5ccccc45)s3)cc12. The summed E-state index contributed by atoms with van der Waals surface area (Å²) < 4.78 is 5.16. The van der Waals surface area contributed by atoms with Gasteiger partial charge in [-0.25, -0.2) is 4.98 Å². The Bertz CT molecular complexity index is 1290. The average molecular weight is 404 g/mol. The first kappa shape index (κ1) is 17.7. The van der Waals surface area contributed by atoms with Crippen molar-refractivity contribution in [2.75, 3.05) is 17.6 Å². The summed E-state index contributed by atoms with van der Waals surface area (Å²) >= 11 is 1.58. The lowest BCUT2D eigenvalue weighted by Gasteiger charge is -2.11. The number of hydrogen-bond acceptors (Lipinski definition) is 7. The Morgan fingerprint density at radius 1 is 1.17 bits per heavy atom. The van der Waals surface area contributed by atoms with E-state index in [0.717, 1.165) is 32.9 Å². The summed E-state index contributed by atoms with van der Waals surface area (Å²) in [4.78, 5) is 8.82. The Morgan fingerprint density at radius 2 is 2.07 bits per heavy atom. The van der Waals surface area contributed by atoms with Gasteiger partial charge in [0.15, 0.2) is 16.5 Å². The summed E-state index contributed by atoms with van der Waals surface area (Å²) in [6, 6.07) is 14.1. The summed E-state index contributed by atoms with van der Waals surface area (Å²) in [5.41, 5.74) is 16.3. The van der Waals surface area contributed by atoms with Crippen molar-refractivity contribution in [3.63, 3.8) is 0 Å². The van der Waals surface area contributed by atoms with Crippen molar-refractivity contribution in [2.45, 2.75) is 12.5 Å². The van der Waals surface area contributed by atoms with Crippen molar-refractivity contribution in [3.05, 3.63) is 60.4 Å². The highest BCUT2D eigenvalue weighted by Gasteiger charge is 2.12. The van der Waals surface area contributed by atoms with Crippen LogP contribution >= 0.6 is 11.3 Å². The minimum atomic E-state index is -0.0188. The molecule has 1 unspecified atom stereocenters. The third-order valence-electron chi connectivity index (χ3n) is 4.96. The Labute approximate surface area is 170 Å². The van der Waals surface area contributed by atoms with Crippen molar-refractivity contribution >= 4 is 44.2 Å². The van der Waals surface area contributed by atoms with Crippen LogP contribution in [0.4, 0.5) is 10.9 Å². The van der Waals surface area contributed by atoms with Gasteiger partial charge in [-0.15, -0.1) is 0 Å². The van der Waals surface area contributed by atoms with Crippen molar-refractivity contribution in [3.8, 4) is 10.4 Å². The third kappa shape index (κ3) is 3.43. The van der Waals surface area contributed by atoms with Crippen molar-refractivity contribution < 1.29 is 4.52 Å². The van der Waals surface area contributed by atoms with E-state index < -0.39 is 0 Å². The minimum Gasteiger partial charge on any atom is -0.380 e. The molecule has 29 heavy (non-hydrogen) atoms. The molecule has 3 heterocycles. The summed E-state index contributed by atoms with van der Waals surface area (Å²) in [5, 5.41) is 10.0. The molecule has 5 aromatic rings. The number of aromatic nitrogens is 3. The third-order valence-corrected chi connectivity index (χ3v) is 5.96. The van der Waals surface area contributed by atoms with Crippen molar-refractivity contribution in [1.29, 1.82) is 0 Å². The molecule has 5 rings (SSSR count). The molecule has 0 saturated carbocycles. The molecule has 6 N–H and O–H groups in total. The molecule has 0 bridgehead atoms. The van der Waals surface area contributed by atoms with Crippen LogP contribution in [-0.2, 0) is 6.42 Å². The maximum Gasteiger partial charge on any atom is 0.183 e. The molecular formula is C21H20N6OS. The molecule has 0 spiro atoms. The van der Waals surface area contributed by atoms with E-state index >= 15 is 0 Å². The monoisotopic (exact) mass is 404 g/mol. The number of nitrogens with two attached hydrogens (primary N) is 2. The highest BCUT2D eigenvalue weighted by molar-refractivity contribution is 7.18. The van der Waals surface area contributed by atoms with Crippen LogP contribution in [0.15, 0.2) is 59.4 Å². The Hall–Kier alpha value is -3.36. The maximum absolute atomic E-state index is 6.36. The molecule has 8 heteroatoms. The highest BCUT2D eigenvalue weighted by Crippen LogP contribution is 2.32. The number of H-pyrrole nitrogens is 1.